The summed E-state index contributed by atoms with van der Waals surface area (Å²) >= 11 is 0. The van der Waals surface area contributed by atoms with Gasteiger partial charge < -0.3 is 20.6 Å². The van der Waals surface area contributed by atoms with Crippen molar-refractivity contribution in [2.24, 2.45) is 5.41 Å². The van der Waals surface area contributed by atoms with Crippen molar-refractivity contribution >= 4 is 17.9 Å². The number of aliphatic carboxylic acids is 1. The highest BCUT2D eigenvalue weighted by atomic mass is 16.4. The molecule has 3 amide bonds. The van der Waals surface area contributed by atoms with Crippen LogP contribution in [0.5, 0.6) is 0 Å². The number of carbonyl (C=O) groups is 3. The Balaban J connectivity index is 2.62. The third kappa shape index (κ3) is 3.36. The minimum atomic E-state index is -1.05. The van der Waals surface area contributed by atoms with Crippen molar-refractivity contribution < 1.29 is 19.5 Å². The number of amides is 3. The van der Waals surface area contributed by atoms with Crippen molar-refractivity contribution in [1.82, 2.24) is 15.5 Å². The van der Waals surface area contributed by atoms with Gasteiger partial charge in [0, 0.05) is 20.1 Å². The van der Waals surface area contributed by atoms with Crippen molar-refractivity contribution in [3.63, 3.8) is 0 Å². The second kappa shape index (κ2) is 5.90. The zero-order chi connectivity index (χ0) is 14.6. The van der Waals surface area contributed by atoms with Gasteiger partial charge in [-0.1, -0.05) is 6.92 Å². The quantitative estimate of drug-likeness (QED) is 0.671. The molecule has 0 radical (unpaired) electrons. The predicted molar refractivity (Wildman–Crippen MR) is 68.6 cm³/mol. The molecule has 1 heterocycles. The van der Waals surface area contributed by atoms with Gasteiger partial charge in [-0.2, -0.15) is 0 Å². The van der Waals surface area contributed by atoms with Gasteiger partial charge in [0.25, 0.3) is 0 Å². The smallest absolute Gasteiger partial charge is 0.326 e. The molecule has 7 nitrogen and oxygen atoms in total. The molecule has 0 bridgehead atoms. The number of carbonyl (C=O) groups excluding carboxylic acids is 2. The molecule has 2 atom stereocenters. The number of carboxylic acid groups (broad SMARTS) is 1. The molecule has 0 aromatic heterocycles. The molecule has 108 valence electrons. The van der Waals surface area contributed by atoms with Crippen LogP contribution in [0, 0.1) is 5.41 Å². The van der Waals surface area contributed by atoms with Crippen molar-refractivity contribution in [3.8, 4) is 0 Å². The maximum atomic E-state index is 11.9. The van der Waals surface area contributed by atoms with Crippen LogP contribution in [0.3, 0.4) is 0 Å². The molecular weight excluding hydrogens is 250 g/mol. The fourth-order valence-corrected chi connectivity index (χ4v) is 2.20. The van der Waals surface area contributed by atoms with E-state index in [4.69, 9.17) is 5.11 Å². The number of nitrogens with zero attached hydrogens (tertiary/aromatic N) is 1. The summed E-state index contributed by atoms with van der Waals surface area (Å²) in [5, 5.41) is 13.9. The number of hydrogen-bond donors (Lipinski definition) is 3. The Morgan fingerprint density at radius 2 is 2.05 bits per heavy atom. The van der Waals surface area contributed by atoms with Gasteiger partial charge in [0.1, 0.15) is 6.04 Å². The number of carboxylic acids is 1. The summed E-state index contributed by atoms with van der Waals surface area (Å²) in [6.07, 6.45) is 0.894. The Kier molecular flexibility index (Phi) is 4.74. The largest absolute Gasteiger partial charge is 0.480 e. The van der Waals surface area contributed by atoms with Gasteiger partial charge in [-0.05, 0) is 19.8 Å². The maximum Gasteiger partial charge on any atom is 0.326 e. The molecule has 1 aliphatic heterocycles. The maximum absolute atomic E-state index is 11.9. The zero-order valence-electron chi connectivity index (χ0n) is 11.5. The van der Waals surface area contributed by atoms with E-state index in [0.29, 0.717) is 25.9 Å². The van der Waals surface area contributed by atoms with Gasteiger partial charge in [-0.15, -0.1) is 0 Å². The standard InChI is InChI=1S/C12H21N3O4/c1-4-8(9(16)17)14-11(19)15-6-5-12(2,7-15)10(18)13-3/h8H,4-7H2,1-3H3,(H,13,18)(H,14,19)(H,16,17)/t8-,12?/m1/s1. The van der Waals surface area contributed by atoms with Crippen LogP contribution in [0.1, 0.15) is 26.7 Å². The van der Waals surface area contributed by atoms with Gasteiger partial charge in [0.15, 0.2) is 0 Å². The number of rotatable bonds is 4. The summed E-state index contributed by atoms with van der Waals surface area (Å²) in [6.45, 7) is 4.24. The first kappa shape index (κ1) is 15.3. The van der Waals surface area contributed by atoms with Gasteiger partial charge in [0.2, 0.25) is 5.91 Å². The predicted octanol–water partition coefficient (Wildman–Crippen LogP) is 0.0172. The first-order valence-electron chi connectivity index (χ1n) is 6.34. The molecule has 7 heteroatoms. The van der Waals surface area contributed by atoms with Crippen LogP contribution in [0.15, 0.2) is 0 Å². The van der Waals surface area contributed by atoms with E-state index in [9.17, 15) is 14.4 Å². The van der Waals surface area contributed by atoms with E-state index in [2.05, 4.69) is 10.6 Å². The number of nitrogens with one attached hydrogen (secondary N) is 2. The fourth-order valence-electron chi connectivity index (χ4n) is 2.20. The van der Waals surface area contributed by atoms with Gasteiger partial charge in [0.05, 0.1) is 5.41 Å². The van der Waals surface area contributed by atoms with E-state index in [0.717, 1.165) is 0 Å². The summed E-state index contributed by atoms with van der Waals surface area (Å²) < 4.78 is 0. The molecule has 1 fully saturated rings. The Hall–Kier alpha value is -1.79. The lowest BCUT2D eigenvalue weighted by atomic mass is 9.89. The van der Waals surface area contributed by atoms with E-state index < -0.39 is 23.5 Å². The van der Waals surface area contributed by atoms with Crippen LogP contribution < -0.4 is 10.6 Å². The minimum absolute atomic E-state index is 0.104. The lowest BCUT2D eigenvalue weighted by Gasteiger charge is -2.24. The van der Waals surface area contributed by atoms with Gasteiger partial charge in [-0.25, -0.2) is 9.59 Å². The third-order valence-electron chi connectivity index (χ3n) is 3.54. The van der Waals surface area contributed by atoms with Crippen LogP contribution in [0.25, 0.3) is 0 Å². The molecule has 0 saturated carbocycles. The molecule has 1 unspecified atom stereocenters. The molecule has 1 aliphatic rings. The van der Waals surface area contributed by atoms with Gasteiger partial charge >= 0.3 is 12.0 Å². The average molecular weight is 271 g/mol. The van der Waals surface area contributed by atoms with Crippen LogP contribution in [0.2, 0.25) is 0 Å². The summed E-state index contributed by atoms with van der Waals surface area (Å²) in [6, 6.07) is -1.32. The average Bonchev–Trinajstić information content (AvgIpc) is 2.78. The summed E-state index contributed by atoms with van der Waals surface area (Å²) in [5.74, 6) is -1.16. The van der Waals surface area contributed by atoms with Gasteiger partial charge in [-0.3, -0.25) is 4.79 Å². The van der Waals surface area contributed by atoms with E-state index >= 15 is 0 Å². The van der Waals surface area contributed by atoms with E-state index in [1.165, 1.54) is 4.90 Å². The van der Waals surface area contributed by atoms with Crippen LogP contribution in [0.4, 0.5) is 4.79 Å². The molecule has 0 aromatic carbocycles. The molecule has 3 N–H and O–H groups in total. The van der Waals surface area contributed by atoms with Crippen LogP contribution in [-0.2, 0) is 9.59 Å². The second-order valence-electron chi connectivity index (χ2n) is 5.06. The highest BCUT2D eigenvalue weighted by Crippen LogP contribution is 2.29. The highest BCUT2D eigenvalue weighted by molar-refractivity contribution is 5.86. The first-order valence-corrected chi connectivity index (χ1v) is 6.34. The molecule has 1 saturated heterocycles. The van der Waals surface area contributed by atoms with E-state index in [1.807, 2.05) is 0 Å². The van der Waals surface area contributed by atoms with Crippen LogP contribution >= 0.6 is 0 Å². The van der Waals surface area contributed by atoms with Crippen molar-refractivity contribution in [2.75, 3.05) is 20.1 Å². The monoisotopic (exact) mass is 271 g/mol. The minimum Gasteiger partial charge on any atom is -0.480 e. The lowest BCUT2D eigenvalue weighted by Crippen LogP contribution is -2.48. The topological polar surface area (TPSA) is 98.7 Å². The second-order valence-corrected chi connectivity index (χ2v) is 5.06. The summed E-state index contributed by atoms with van der Waals surface area (Å²) in [5.41, 5.74) is -0.600. The first-order chi connectivity index (χ1) is 8.84. The molecule has 0 aromatic rings. The number of likely N-dealkylation sites (tertiary alicyclic amines) is 1. The Morgan fingerprint density at radius 3 is 2.53 bits per heavy atom. The Bertz CT molecular complexity index is 385. The number of hydrogen-bond acceptors (Lipinski definition) is 3. The Labute approximate surface area is 112 Å². The molecule has 1 rings (SSSR count). The normalized spacial score (nSPS) is 23.8. The SMILES string of the molecule is CC[C@@H](NC(=O)N1CCC(C)(C(=O)NC)C1)C(=O)O. The molecule has 0 spiro atoms. The van der Waals surface area contributed by atoms with Crippen molar-refractivity contribution in [1.29, 1.82) is 0 Å². The Morgan fingerprint density at radius 1 is 1.42 bits per heavy atom. The third-order valence-corrected chi connectivity index (χ3v) is 3.54. The molecule has 19 heavy (non-hydrogen) atoms. The van der Waals surface area contributed by atoms with Crippen molar-refractivity contribution in [2.45, 2.75) is 32.7 Å². The van der Waals surface area contributed by atoms with Crippen molar-refractivity contribution in [3.05, 3.63) is 0 Å². The van der Waals surface area contributed by atoms with E-state index in [1.54, 1.807) is 20.9 Å². The highest BCUT2D eigenvalue weighted by Gasteiger charge is 2.41. The summed E-state index contributed by atoms with van der Waals surface area (Å²) in [4.78, 5) is 36.0. The molecular formula is C12H21N3O4. The molecule has 0 aliphatic carbocycles. The zero-order valence-corrected chi connectivity index (χ0v) is 11.5. The number of urea groups is 1. The lowest BCUT2D eigenvalue weighted by molar-refractivity contribution is -0.139. The fraction of sp³-hybridized carbons (Fsp3) is 0.750. The van der Waals surface area contributed by atoms with E-state index in [-0.39, 0.29) is 5.91 Å². The summed E-state index contributed by atoms with van der Waals surface area (Å²) in [7, 11) is 1.56. The van der Waals surface area contributed by atoms with Crippen LogP contribution in [-0.4, -0.2) is 54.1 Å².